The molecule has 102 valence electrons. The van der Waals surface area contributed by atoms with Crippen molar-refractivity contribution in [2.24, 2.45) is 0 Å². The van der Waals surface area contributed by atoms with Crippen molar-refractivity contribution in [2.45, 2.75) is 19.3 Å². The lowest BCUT2D eigenvalue weighted by Gasteiger charge is -2.08. The molecule has 2 aromatic carbocycles. The number of hydrogen-bond acceptors (Lipinski definition) is 2. The Hall–Kier alpha value is -2.36. The van der Waals surface area contributed by atoms with Crippen molar-refractivity contribution < 1.29 is 9.18 Å². The van der Waals surface area contributed by atoms with Crippen LogP contribution in [0.1, 0.15) is 27.9 Å². The Morgan fingerprint density at radius 1 is 1.10 bits per heavy atom. The summed E-state index contributed by atoms with van der Waals surface area (Å²) in [7, 11) is 0. The van der Waals surface area contributed by atoms with Crippen LogP contribution in [-0.2, 0) is 12.8 Å². The van der Waals surface area contributed by atoms with E-state index in [0.29, 0.717) is 5.56 Å². The van der Waals surface area contributed by atoms with Gasteiger partial charge in [0.15, 0.2) is 0 Å². The van der Waals surface area contributed by atoms with Gasteiger partial charge in [0, 0.05) is 11.3 Å². The van der Waals surface area contributed by atoms with Crippen LogP contribution >= 0.6 is 0 Å². The maximum atomic E-state index is 13.1. The molecule has 1 amide bonds. The fourth-order valence-corrected chi connectivity index (χ4v) is 2.54. The number of carbonyl (C=O) groups is 1. The van der Waals surface area contributed by atoms with Gasteiger partial charge in [-0.1, -0.05) is 6.07 Å². The second-order valence-corrected chi connectivity index (χ2v) is 5.03. The summed E-state index contributed by atoms with van der Waals surface area (Å²) < 4.78 is 13.1. The van der Waals surface area contributed by atoms with E-state index in [1.807, 2.05) is 12.1 Å². The Bertz CT molecular complexity index is 682. The number of nitrogens with two attached hydrogens (primary N) is 1. The first kappa shape index (κ1) is 12.7. The quantitative estimate of drug-likeness (QED) is 0.824. The number of benzene rings is 2. The van der Waals surface area contributed by atoms with Gasteiger partial charge in [0.25, 0.3) is 5.91 Å². The third-order valence-electron chi connectivity index (χ3n) is 3.61. The van der Waals surface area contributed by atoms with Gasteiger partial charge in [-0.05, 0) is 60.7 Å². The molecule has 0 bridgehead atoms. The molecule has 2 aromatic rings. The van der Waals surface area contributed by atoms with Crippen molar-refractivity contribution in [3.8, 4) is 0 Å². The first-order chi connectivity index (χ1) is 9.63. The number of fused-ring (bicyclic) bond motifs is 1. The normalized spacial score (nSPS) is 13.1. The summed E-state index contributed by atoms with van der Waals surface area (Å²) >= 11 is 0. The van der Waals surface area contributed by atoms with Crippen LogP contribution in [0.2, 0.25) is 0 Å². The first-order valence-corrected chi connectivity index (χ1v) is 6.61. The summed E-state index contributed by atoms with van der Waals surface area (Å²) in [5.74, 6) is -0.797. The number of nitrogen functional groups attached to an aromatic ring is 1. The molecule has 20 heavy (non-hydrogen) atoms. The van der Waals surface area contributed by atoms with E-state index in [4.69, 9.17) is 5.73 Å². The van der Waals surface area contributed by atoms with E-state index in [2.05, 4.69) is 11.4 Å². The Labute approximate surface area is 116 Å². The third-order valence-corrected chi connectivity index (χ3v) is 3.61. The number of amides is 1. The van der Waals surface area contributed by atoms with Gasteiger partial charge in [-0.15, -0.1) is 0 Å². The number of carbonyl (C=O) groups excluding carboxylic acids is 1. The highest BCUT2D eigenvalue weighted by Gasteiger charge is 2.13. The van der Waals surface area contributed by atoms with Gasteiger partial charge in [0.05, 0.1) is 5.69 Å². The number of rotatable bonds is 2. The van der Waals surface area contributed by atoms with Gasteiger partial charge < -0.3 is 11.1 Å². The molecule has 0 aliphatic heterocycles. The summed E-state index contributed by atoms with van der Waals surface area (Å²) in [6.07, 6.45) is 3.34. The van der Waals surface area contributed by atoms with Crippen LogP contribution in [0.3, 0.4) is 0 Å². The fourth-order valence-electron chi connectivity index (χ4n) is 2.54. The summed E-state index contributed by atoms with van der Waals surface area (Å²) in [4.78, 5) is 12.1. The van der Waals surface area contributed by atoms with E-state index in [-0.39, 0.29) is 11.6 Å². The van der Waals surface area contributed by atoms with Crippen molar-refractivity contribution in [3.05, 3.63) is 58.9 Å². The molecule has 0 saturated carbocycles. The van der Waals surface area contributed by atoms with Gasteiger partial charge in [-0.2, -0.15) is 0 Å². The smallest absolute Gasteiger partial charge is 0.255 e. The molecule has 0 saturated heterocycles. The van der Waals surface area contributed by atoms with Crippen molar-refractivity contribution >= 4 is 17.3 Å². The average Bonchev–Trinajstić information content (AvgIpc) is 2.89. The molecule has 0 spiro atoms. The maximum absolute atomic E-state index is 13.1. The topological polar surface area (TPSA) is 55.1 Å². The molecular formula is C16H15FN2O. The molecule has 3 N–H and O–H groups in total. The zero-order chi connectivity index (χ0) is 14.1. The van der Waals surface area contributed by atoms with Crippen LogP contribution in [0.25, 0.3) is 0 Å². The minimum Gasteiger partial charge on any atom is -0.396 e. The van der Waals surface area contributed by atoms with E-state index < -0.39 is 5.82 Å². The molecule has 1 aliphatic carbocycles. The first-order valence-electron chi connectivity index (χ1n) is 6.61. The van der Waals surface area contributed by atoms with E-state index in [9.17, 15) is 9.18 Å². The molecule has 0 heterocycles. The largest absolute Gasteiger partial charge is 0.396 e. The summed E-state index contributed by atoms with van der Waals surface area (Å²) in [5.41, 5.74) is 9.21. The predicted octanol–water partition coefficient (Wildman–Crippen LogP) is 3.15. The van der Waals surface area contributed by atoms with Gasteiger partial charge >= 0.3 is 0 Å². The number of halogens is 1. The fraction of sp³-hybridized carbons (Fsp3) is 0.188. The molecule has 0 radical (unpaired) electrons. The van der Waals surface area contributed by atoms with Crippen LogP contribution in [0.15, 0.2) is 36.4 Å². The van der Waals surface area contributed by atoms with E-state index in [1.165, 1.54) is 35.7 Å². The van der Waals surface area contributed by atoms with Crippen molar-refractivity contribution in [1.29, 1.82) is 0 Å². The Morgan fingerprint density at radius 2 is 1.90 bits per heavy atom. The molecule has 0 atom stereocenters. The third kappa shape index (κ3) is 2.37. The van der Waals surface area contributed by atoms with Crippen LogP contribution < -0.4 is 11.1 Å². The SMILES string of the molecule is Nc1cc(C(=O)Nc2ccc3c(c2)CCC3)ccc1F. The van der Waals surface area contributed by atoms with Gasteiger partial charge in [-0.25, -0.2) is 4.39 Å². The monoisotopic (exact) mass is 270 g/mol. The second kappa shape index (κ2) is 4.96. The number of anilines is 2. The summed E-state index contributed by atoms with van der Waals surface area (Å²) in [6, 6.07) is 9.93. The lowest BCUT2D eigenvalue weighted by molar-refractivity contribution is 0.102. The molecule has 3 rings (SSSR count). The van der Waals surface area contributed by atoms with E-state index in [0.717, 1.165) is 18.5 Å². The van der Waals surface area contributed by atoms with Crippen LogP contribution in [-0.4, -0.2) is 5.91 Å². The number of aryl methyl sites for hydroxylation is 2. The van der Waals surface area contributed by atoms with E-state index >= 15 is 0 Å². The minimum atomic E-state index is -0.515. The second-order valence-electron chi connectivity index (χ2n) is 5.03. The number of nitrogens with one attached hydrogen (secondary N) is 1. The van der Waals surface area contributed by atoms with Crippen LogP contribution in [0, 0.1) is 5.82 Å². The Kier molecular flexibility index (Phi) is 3.14. The zero-order valence-corrected chi connectivity index (χ0v) is 10.9. The highest BCUT2D eigenvalue weighted by molar-refractivity contribution is 6.04. The highest BCUT2D eigenvalue weighted by atomic mass is 19.1. The lowest BCUT2D eigenvalue weighted by Crippen LogP contribution is -2.12. The maximum Gasteiger partial charge on any atom is 0.255 e. The van der Waals surface area contributed by atoms with Gasteiger partial charge in [-0.3, -0.25) is 4.79 Å². The Morgan fingerprint density at radius 3 is 2.70 bits per heavy atom. The number of hydrogen-bond donors (Lipinski definition) is 2. The average molecular weight is 270 g/mol. The molecule has 0 aromatic heterocycles. The van der Waals surface area contributed by atoms with Crippen LogP contribution in [0.4, 0.5) is 15.8 Å². The molecular weight excluding hydrogens is 255 g/mol. The molecule has 0 fully saturated rings. The summed E-state index contributed by atoms with van der Waals surface area (Å²) in [6.45, 7) is 0. The van der Waals surface area contributed by atoms with Gasteiger partial charge in [0.1, 0.15) is 5.82 Å². The van der Waals surface area contributed by atoms with Crippen LogP contribution in [0.5, 0.6) is 0 Å². The summed E-state index contributed by atoms with van der Waals surface area (Å²) in [5, 5.41) is 2.82. The zero-order valence-electron chi connectivity index (χ0n) is 10.9. The standard InChI is InChI=1S/C16H15FN2O/c17-14-7-5-12(9-15(14)18)16(20)19-13-6-4-10-2-1-3-11(10)8-13/h4-9H,1-3,18H2,(H,19,20). The van der Waals surface area contributed by atoms with Crippen molar-refractivity contribution in [3.63, 3.8) is 0 Å². The van der Waals surface area contributed by atoms with E-state index in [1.54, 1.807) is 0 Å². The molecule has 0 unspecified atom stereocenters. The molecule has 4 heteroatoms. The van der Waals surface area contributed by atoms with Crippen molar-refractivity contribution in [2.75, 3.05) is 11.1 Å². The molecule has 1 aliphatic rings. The Balaban J connectivity index is 1.80. The van der Waals surface area contributed by atoms with Gasteiger partial charge in [0.2, 0.25) is 0 Å². The lowest BCUT2D eigenvalue weighted by atomic mass is 10.1. The van der Waals surface area contributed by atoms with Crippen molar-refractivity contribution in [1.82, 2.24) is 0 Å². The minimum absolute atomic E-state index is 0.0217. The molecule has 3 nitrogen and oxygen atoms in total. The highest BCUT2D eigenvalue weighted by Crippen LogP contribution is 2.25. The predicted molar refractivity (Wildman–Crippen MR) is 77.2 cm³/mol.